The van der Waals surface area contributed by atoms with Gasteiger partial charge in [-0.2, -0.15) is 0 Å². The lowest BCUT2D eigenvalue weighted by Crippen LogP contribution is -2.65. The smallest absolute Gasteiger partial charge is 0.338 e. The highest BCUT2D eigenvalue weighted by Crippen LogP contribution is 2.40. The molecule has 3 aliphatic rings. The molecule has 3 heterocycles. The molecule has 15 nitrogen and oxygen atoms in total. The predicted molar refractivity (Wildman–Crippen MR) is 220 cm³/mol. The molecule has 3 fully saturated rings. The molecule has 0 spiro atoms. The fourth-order valence-corrected chi connectivity index (χ4v) is 7.04. The van der Waals surface area contributed by atoms with Gasteiger partial charge >= 0.3 is 23.9 Å². The van der Waals surface area contributed by atoms with Crippen LogP contribution in [0.15, 0.2) is 121 Å². The van der Waals surface area contributed by atoms with Gasteiger partial charge in [0, 0.05) is 0 Å². The number of carbonyl (C=O) groups excluding carboxylic acids is 4. The maximum atomic E-state index is 13.9. The molecule has 3 saturated heterocycles. The number of hydrogen-bond donors (Lipinski definition) is 1. The van der Waals surface area contributed by atoms with Crippen LogP contribution >= 0.6 is 34.8 Å². The highest BCUT2D eigenvalue weighted by atomic mass is 35.6. The zero-order valence-corrected chi connectivity index (χ0v) is 35.3. The molecule has 9 atom stereocenters. The van der Waals surface area contributed by atoms with E-state index in [0.29, 0.717) is 5.56 Å². The van der Waals surface area contributed by atoms with Crippen molar-refractivity contribution in [2.24, 2.45) is 0 Å². The van der Waals surface area contributed by atoms with E-state index in [-0.39, 0.29) is 23.3 Å². The number of halogens is 3. The number of alkyl halides is 3. The van der Waals surface area contributed by atoms with Crippen LogP contribution in [-0.4, -0.2) is 108 Å². The summed E-state index contributed by atoms with van der Waals surface area (Å²) in [4.78, 5) is 54.3. The Morgan fingerprint density at radius 1 is 0.613 bits per heavy atom. The van der Waals surface area contributed by atoms with E-state index in [2.05, 4.69) is 0 Å². The van der Waals surface area contributed by atoms with Gasteiger partial charge in [0.25, 0.3) is 3.79 Å². The van der Waals surface area contributed by atoms with Crippen LogP contribution in [0.25, 0.3) is 0 Å². The van der Waals surface area contributed by atoms with Crippen LogP contribution in [0, 0.1) is 5.41 Å². The summed E-state index contributed by atoms with van der Waals surface area (Å²) in [5.41, 5.74) is 0.690. The van der Waals surface area contributed by atoms with E-state index < -0.39 is 101 Å². The SMILES string of the molecule is CC1(C)OC2C(O1)[C@H](OC(=O)c1ccccc1)CO[C@@H]2OC1C(OC(=O)c2ccccc2)[C@@H](OC(=N)C(Cl)(Cl)Cl)OC(COC(=O)c2ccccc2)[C@H]1OC(=O)c1ccccc1. The molecule has 326 valence electrons. The Kier molecular flexibility index (Phi) is 14.2. The third kappa shape index (κ3) is 10.9. The Labute approximate surface area is 370 Å². The Bertz CT molecular complexity index is 2200. The van der Waals surface area contributed by atoms with Crippen molar-refractivity contribution in [1.82, 2.24) is 0 Å². The minimum atomic E-state index is -2.44. The molecule has 1 N–H and O–H groups in total. The number of esters is 4. The molecular formula is C44H40Cl3NO14. The molecule has 0 bridgehead atoms. The number of hydrogen-bond acceptors (Lipinski definition) is 15. The molecule has 0 radical (unpaired) electrons. The largest absolute Gasteiger partial charge is 0.459 e. The Morgan fingerprint density at radius 2 is 1.06 bits per heavy atom. The average Bonchev–Trinajstić information content (AvgIpc) is 3.61. The maximum absolute atomic E-state index is 13.9. The minimum absolute atomic E-state index is 0.0875. The third-order valence-corrected chi connectivity index (χ3v) is 10.3. The average molecular weight is 913 g/mol. The van der Waals surface area contributed by atoms with Gasteiger partial charge in [0.2, 0.25) is 12.2 Å². The van der Waals surface area contributed by atoms with Crippen LogP contribution in [0.4, 0.5) is 0 Å². The molecule has 5 unspecified atom stereocenters. The fraction of sp³-hybridized carbons (Fsp3) is 0.341. The van der Waals surface area contributed by atoms with Gasteiger partial charge in [0.05, 0.1) is 28.9 Å². The number of ether oxygens (including phenoxy) is 10. The summed E-state index contributed by atoms with van der Waals surface area (Å²) in [6.45, 7) is 2.41. The Morgan fingerprint density at radius 3 is 1.56 bits per heavy atom. The molecule has 0 amide bonds. The van der Waals surface area contributed by atoms with Crippen LogP contribution in [-0.2, 0) is 47.4 Å². The van der Waals surface area contributed by atoms with Gasteiger partial charge in [0.15, 0.2) is 30.4 Å². The third-order valence-electron chi connectivity index (χ3n) is 9.76. The van der Waals surface area contributed by atoms with Crippen molar-refractivity contribution in [3.8, 4) is 0 Å². The van der Waals surface area contributed by atoms with Gasteiger partial charge in [-0.25, -0.2) is 19.2 Å². The van der Waals surface area contributed by atoms with Crippen molar-refractivity contribution in [1.29, 1.82) is 5.41 Å². The van der Waals surface area contributed by atoms with Crippen LogP contribution in [0.3, 0.4) is 0 Å². The number of nitrogens with one attached hydrogen (secondary N) is 1. The summed E-state index contributed by atoms with van der Waals surface area (Å²) in [5.74, 6) is -5.39. The van der Waals surface area contributed by atoms with E-state index in [9.17, 15) is 19.2 Å². The first-order valence-electron chi connectivity index (χ1n) is 19.3. The normalized spacial score (nSPS) is 26.6. The zero-order chi connectivity index (χ0) is 44.0. The van der Waals surface area contributed by atoms with Crippen molar-refractivity contribution >= 4 is 64.6 Å². The van der Waals surface area contributed by atoms with Gasteiger partial charge in [-0.05, 0) is 62.4 Å². The van der Waals surface area contributed by atoms with Crippen LogP contribution in [0.2, 0.25) is 0 Å². The quantitative estimate of drug-likeness (QED) is 0.0511. The van der Waals surface area contributed by atoms with Gasteiger partial charge in [-0.1, -0.05) is 108 Å². The van der Waals surface area contributed by atoms with Crippen molar-refractivity contribution in [2.75, 3.05) is 13.2 Å². The molecule has 0 saturated carbocycles. The van der Waals surface area contributed by atoms with E-state index in [1.165, 1.54) is 36.4 Å². The van der Waals surface area contributed by atoms with Gasteiger partial charge in [-0.15, -0.1) is 0 Å². The lowest BCUT2D eigenvalue weighted by atomic mass is 9.97. The summed E-state index contributed by atoms with van der Waals surface area (Å²) in [6, 6.07) is 32.2. The highest BCUT2D eigenvalue weighted by molar-refractivity contribution is 6.76. The van der Waals surface area contributed by atoms with Crippen molar-refractivity contribution < 1.29 is 66.5 Å². The molecule has 18 heteroatoms. The van der Waals surface area contributed by atoms with Crippen LogP contribution in [0.1, 0.15) is 55.3 Å². The van der Waals surface area contributed by atoms with Crippen molar-refractivity contribution in [3.63, 3.8) is 0 Å². The minimum Gasteiger partial charge on any atom is -0.459 e. The second-order valence-corrected chi connectivity index (χ2v) is 16.9. The molecule has 0 aromatic heterocycles. The number of benzene rings is 4. The fourth-order valence-electron chi connectivity index (χ4n) is 6.91. The second-order valence-electron chi connectivity index (χ2n) is 14.6. The molecule has 4 aromatic rings. The van der Waals surface area contributed by atoms with Gasteiger partial charge < -0.3 is 47.4 Å². The highest BCUT2D eigenvalue weighted by Gasteiger charge is 2.59. The van der Waals surface area contributed by atoms with Crippen LogP contribution in [0.5, 0.6) is 0 Å². The first-order valence-corrected chi connectivity index (χ1v) is 20.4. The van der Waals surface area contributed by atoms with Gasteiger partial charge in [0.1, 0.15) is 31.0 Å². The van der Waals surface area contributed by atoms with E-state index in [1.54, 1.807) is 98.8 Å². The predicted octanol–water partition coefficient (Wildman–Crippen LogP) is 6.87. The Hall–Kier alpha value is -5.10. The Balaban J connectivity index is 1.28. The van der Waals surface area contributed by atoms with E-state index >= 15 is 0 Å². The summed E-state index contributed by atoms with van der Waals surface area (Å²) in [5, 5.41) is 8.48. The monoisotopic (exact) mass is 911 g/mol. The molecular weight excluding hydrogens is 873 g/mol. The summed E-state index contributed by atoms with van der Waals surface area (Å²) >= 11 is 18.2. The summed E-state index contributed by atoms with van der Waals surface area (Å²) in [6.07, 6.45) is -12.8. The van der Waals surface area contributed by atoms with Crippen LogP contribution < -0.4 is 0 Å². The molecule has 7 rings (SSSR count). The van der Waals surface area contributed by atoms with E-state index in [0.717, 1.165) is 0 Å². The first kappa shape index (κ1) is 44.9. The topological polar surface area (TPSA) is 184 Å². The van der Waals surface area contributed by atoms with E-state index in [4.69, 9.17) is 87.6 Å². The lowest BCUT2D eigenvalue weighted by molar-refractivity contribution is -0.332. The molecule has 4 aromatic carbocycles. The summed E-state index contributed by atoms with van der Waals surface area (Å²) in [7, 11) is 0. The van der Waals surface area contributed by atoms with Crippen molar-refractivity contribution in [2.45, 2.75) is 78.7 Å². The molecule has 0 aliphatic carbocycles. The number of rotatable bonds is 12. The standard InChI is InChI=1S/C44H40Cl3NO14/c1-43(2)61-32-30(55-37(50)26-17-9-4-10-18-26)24-54-40(35(32)62-43)59-33-31(57-38(51)27-19-11-5-12-20-27)29(23-53-36(49)25-15-7-3-8-16-25)56-41(60-42(48)44(45,46)47)34(33)58-39(52)28-21-13-6-14-22-28/h3-22,29-35,40-41,48H,23-24H2,1-2H3/t29?,30-,31-,32?,33?,34?,35?,40-,41-/m1/s1. The summed E-state index contributed by atoms with van der Waals surface area (Å²) < 4.78 is 58.8. The first-order chi connectivity index (χ1) is 29.7. The lowest BCUT2D eigenvalue weighted by Gasteiger charge is -2.46. The number of carbonyl (C=O) groups is 4. The molecule has 62 heavy (non-hydrogen) atoms. The second kappa shape index (κ2) is 19.5. The zero-order valence-electron chi connectivity index (χ0n) is 33.0. The molecule has 3 aliphatic heterocycles. The van der Waals surface area contributed by atoms with Gasteiger partial charge in [-0.3, -0.25) is 5.41 Å². The maximum Gasteiger partial charge on any atom is 0.338 e. The van der Waals surface area contributed by atoms with Crippen molar-refractivity contribution in [3.05, 3.63) is 144 Å². The van der Waals surface area contributed by atoms with E-state index in [1.807, 2.05) is 0 Å². The number of fused-ring (bicyclic) bond motifs is 1.